The van der Waals surface area contributed by atoms with Crippen molar-refractivity contribution in [1.82, 2.24) is 0 Å². The molecule has 0 aromatic heterocycles. The minimum absolute atomic E-state index is 0.920. The molecule has 1 aliphatic rings. The first-order valence-electron chi connectivity index (χ1n) is 4.80. The molecule has 3 rings (SSSR count). The zero-order valence-corrected chi connectivity index (χ0v) is 8.43. The van der Waals surface area contributed by atoms with Gasteiger partial charge < -0.3 is 5.32 Å². The van der Waals surface area contributed by atoms with E-state index in [4.69, 9.17) is 11.6 Å². The Morgan fingerprint density at radius 3 is 3.00 bits per heavy atom. The van der Waals surface area contributed by atoms with Crippen LogP contribution in [0, 0.1) is 0 Å². The van der Waals surface area contributed by atoms with E-state index in [1.54, 1.807) is 0 Å². The molecule has 0 spiro atoms. The summed E-state index contributed by atoms with van der Waals surface area (Å²) in [4.78, 5) is 0. The topological polar surface area (TPSA) is 12.0 Å². The molecule has 0 saturated heterocycles. The molecular formula is C12H10ClN. The average molecular weight is 204 g/mol. The van der Waals surface area contributed by atoms with Crippen molar-refractivity contribution in [1.29, 1.82) is 0 Å². The minimum Gasteiger partial charge on any atom is -0.384 e. The number of hydrogen-bond donors (Lipinski definition) is 1. The fourth-order valence-corrected chi connectivity index (χ4v) is 2.44. The number of hydrogen-bond acceptors (Lipinski definition) is 1. The predicted octanol–water partition coefficient (Wildman–Crippen LogP) is 3.46. The second-order valence-corrected chi connectivity index (χ2v) is 3.99. The summed E-state index contributed by atoms with van der Waals surface area (Å²) >= 11 is 6.35. The molecule has 2 aromatic carbocycles. The molecule has 1 nitrogen and oxygen atoms in total. The molecule has 14 heavy (non-hydrogen) atoms. The van der Waals surface area contributed by atoms with Crippen LogP contribution in [0.25, 0.3) is 10.8 Å². The lowest BCUT2D eigenvalue weighted by molar-refractivity contribution is 1.11. The van der Waals surface area contributed by atoms with E-state index < -0.39 is 0 Å². The third-order valence-corrected chi connectivity index (χ3v) is 3.21. The maximum atomic E-state index is 6.35. The molecule has 1 N–H and O–H groups in total. The van der Waals surface area contributed by atoms with Crippen LogP contribution >= 0.6 is 11.6 Å². The highest BCUT2D eigenvalue weighted by Gasteiger charge is 2.15. The van der Waals surface area contributed by atoms with Gasteiger partial charge in [0.05, 0.1) is 5.02 Å². The van der Waals surface area contributed by atoms with Gasteiger partial charge in [0.1, 0.15) is 0 Å². The maximum Gasteiger partial charge on any atom is 0.0537 e. The smallest absolute Gasteiger partial charge is 0.0537 e. The second kappa shape index (κ2) is 2.89. The van der Waals surface area contributed by atoms with Gasteiger partial charge in [-0.3, -0.25) is 0 Å². The molecule has 0 radical (unpaired) electrons. The van der Waals surface area contributed by atoms with E-state index in [1.807, 2.05) is 12.1 Å². The summed E-state index contributed by atoms with van der Waals surface area (Å²) in [6, 6.07) is 10.4. The van der Waals surface area contributed by atoms with E-state index in [1.165, 1.54) is 16.6 Å². The Kier molecular flexibility index (Phi) is 1.68. The summed E-state index contributed by atoms with van der Waals surface area (Å²) in [7, 11) is 0. The molecule has 0 unspecified atom stereocenters. The third kappa shape index (κ3) is 1.02. The van der Waals surface area contributed by atoms with Gasteiger partial charge in [0.25, 0.3) is 0 Å². The number of halogens is 1. The van der Waals surface area contributed by atoms with Crippen molar-refractivity contribution in [2.45, 2.75) is 6.42 Å². The van der Waals surface area contributed by atoms with Crippen molar-refractivity contribution in [3.63, 3.8) is 0 Å². The third-order valence-electron chi connectivity index (χ3n) is 2.78. The number of nitrogens with one attached hydrogen (secondary N) is 1. The van der Waals surface area contributed by atoms with Crippen LogP contribution in [0.15, 0.2) is 30.3 Å². The second-order valence-electron chi connectivity index (χ2n) is 3.61. The summed E-state index contributed by atoms with van der Waals surface area (Å²) in [6.07, 6.45) is 1.04. The van der Waals surface area contributed by atoms with Crippen molar-refractivity contribution >= 4 is 28.1 Å². The minimum atomic E-state index is 0.920. The number of fused-ring (bicyclic) bond motifs is 2. The summed E-state index contributed by atoms with van der Waals surface area (Å²) in [6.45, 7) is 1.01. The zero-order chi connectivity index (χ0) is 9.54. The summed E-state index contributed by atoms with van der Waals surface area (Å²) in [5.74, 6) is 0. The normalized spacial score (nSPS) is 14.1. The maximum absolute atomic E-state index is 6.35. The Morgan fingerprint density at radius 1 is 1.21 bits per heavy atom. The van der Waals surface area contributed by atoms with E-state index in [2.05, 4.69) is 23.5 Å². The van der Waals surface area contributed by atoms with Crippen LogP contribution in [0.2, 0.25) is 5.02 Å². The van der Waals surface area contributed by atoms with Gasteiger partial charge in [0, 0.05) is 17.6 Å². The van der Waals surface area contributed by atoms with Gasteiger partial charge in [0.2, 0.25) is 0 Å². The Morgan fingerprint density at radius 2 is 2.07 bits per heavy atom. The number of rotatable bonds is 0. The van der Waals surface area contributed by atoms with Gasteiger partial charge in [-0.1, -0.05) is 35.9 Å². The van der Waals surface area contributed by atoms with Crippen LogP contribution in [0.1, 0.15) is 5.56 Å². The van der Waals surface area contributed by atoms with Crippen molar-refractivity contribution < 1.29 is 0 Å². The van der Waals surface area contributed by atoms with E-state index in [-0.39, 0.29) is 0 Å². The molecule has 2 heteroatoms. The lowest BCUT2D eigenvalue weighted by Gasteiger charge is -2.06. The van der Waals surface area contributed by atoms with Gasteiger partial charge in [-0.25, -0.2) is 0 Å². The first-order chi connectivity index (χ1) is 6.86. The Balaban J connectivity index is 2.44. The molecule has 0 atom stereocenters. The lowest BCUT2D eigenvalue weighted by atomic mass is 10.0. The number of benzene rings is 2. The van der Waals surface area contributed by atoms with E-state index in [0.29, 0.717) is 0 Å². The van der Waals surface area contributed by atoms with Crippen LogP contribution in [0.4, 0.5) is 5.69 Å². The quantitative estimate of drug-likeness (QED) is 0.692. The Hall–Kier alpha value is -1.21. The van der Waals surface area contributed by atoms with Crippen molar-refractivity contribution in [3.8, 4) is 0 Å². The summed E-state index contributed by atoms with van der Waals surface area (Å²) in [5.41, 5.74) is 2.47. The summed E-state index contributed by atoms with van der Waals surface area (Å²) in [5, 5.41) is 6.65. The first-order valence-corrected chi connectivity index (χ1v) is 5.18. The fourth-order valence-electron chi connectivity index (χ4n) is 2.07. The molecule has 0 amide bonds. The average Bonchev–Trinajstić information content (AvgIpc) is 2.66. The Labute approximate surface area is 87.7 Å². The highest BCUT2D eigenvalue weighted by atomic mass is 35.5. The summed E-state index contributed by atoms with van der Waals surface area (Å²) < 4.78 is 0. The molecular weight excluding hydrogens is 194 g/mol. The standard InChI is InChI=1S/C12H10ClN/c13-12-9-4-2-1-3-8(9)7-11-10(12)5-6-14-11/h1-4,7,14H,5-6H2. The molecule has 1 heterocycles. The monoisotopic (exact) mass is 203 g/mol. The molecule has 0 aliphatic carbocycles. The Bertz CT molecular complexity index is 505. The molecule has 2 aromatic rings. The molecule has 0 fully saturated rings. The van der Waals surface area contributed by atoms with E-state index in [9.17, 15) is 0 Å². The SMILES string of the molecule is Clc1c2c(cc3ccccc13)NCC2. The van der Waals surface area contributed by atoms with Crippen LogP contribution in [0.5, 0.6) is 0 Å². The van der Waals surface area contributed by atoms with Crippen LogP contribution in [-0.2, 0) is 6.42 Å². The predicted molar refractivity (Wildman–Crippen MR) is 61.2 cm³/mol. The van der Waals surface area contributed by atoms with Crippen molar-refractivity contribution in [2.75, 3.05) is 11.9 Å². The van der Waals surface area contributed by atoms with Crippen molar-refractivity contribution in [2.24, 2.45) is 0 Å². The van der Waals surface area contributed by atoms with Crippen LogP contribution in [0.3, 0.4) is 0 Å². The van der Waals surface area contributed by atoms with E-state index in [0.717, 1.165) is 23.4 Å². The van der Waals surface area contributed by atoms with E-state index >= 15 is 0 Å². The van der Waals surface area contributed by atoms with Gasteiger partial charge in [-0.2, -0.15) is 0 Å². The first kappa shape index (κ1) is 8.13. The van der Waals surface area contributed by atoms with Gasteiger partial charge in [-0.15, -0.1) is 0 Å². The lowest BCUT2D eigenvalue weighted by Crippen LogP contribution is -1.90. The van der Waals surface area contributed by atoms with Gasteiger partial charge >= 0.3 is 0 Å². The molecule has 0 saturated carbocycles. The molecule has 0 bridgehead atoms. The van der Waals surface area contributed by atoms with Crippen molar-refractivity contribution in [3.05, 3.63) is 40.9 Å². The van der Waals surface area contributed by atoms with Crippen LogP contribution in [-0.4, -0.2) is 6.54 Å². The molecule has 1 aliphatic heterocycles. The highest BCUT2D eigenvalue weighted by Crippen LogP contribution is 2.35. The highest BCUT2D eigenvalue weighted by molar-refractivity contribution is 6.37. The number of anilines is 1. The fraction of sp³-hybridized carbons (Fsp3) is 0.167. The zero-order valence-electron chi connectivity index (χ0n) is 7.68. The molecule has 70 valence electrons. The van der Waals surface area contributed by atoms with Gasteiger partial charge in [0.15, 0.2) is 0 Å². The largest absolute Gasteiger partial charge is 0.384 e. The van der Waals surface area contributed by atoms with Crippen LogP contribution < -0.4 is 5.32 Å². The van der Waals surface area contributed by atoms with Gasteiger partial charge in [-0.05, 0) is 23.4 Å².